The standard InChI is InChI=1S/C26H28ClN3O6S/c1-16-13-23(18(3)29(16)19-5-7-21(35-4)8-6-19)24(31)14-36-25(32)10-9-22-17(2)28-30(26(22)27)20-11-12-37(33,34)15-20/h5-10,13,20H,11-12,14-15H2,1-4H3. The Bertz CT molecular complexity index is 1490. The molecule has 0 amide bonds. The molecule has 0 radical (unpaired) electrons. The first-order valence-corrected chi connectivity index (χ1v) is 13.9. The monoisotopic (exact) mass is 545 g/mol. The van der Waals surface area contributed by atoms with E-state index >= 15 is 0 Å². The fourth-order valence-corrected chi connectivity index (χ4v) is 6.59. The predicted octanol–water partition coefficient (Wildman–Crippen LogP) is 4.06. The highest BCUT2D eigenvalue weighted by molar-refractivity contribution is 7.91. The third-order valence-electron chi connectivity index (χ3n) is 6.42. The fourth-order valence-electron chi connectivity index (χ4n) is 4.52. The summed E-state index contributed by atoms with van der Waals surface area (Å²) >= 11 is 6.43. The largest absolute Gasteiger partial charge is 0.497 e. The number of aromatic nitrogens is 3. The van der Waals surface area contributed by atoms with Crippen LogP contribution in [0.5, 0.6) is 5.75 Å². The van der Waals surface area contributed by atoms with Gasteiger partial charge in [0.1, 0.15) is 10.9 Å². The minimum atomic E-state index is -3.10. The van der Waals surface area contributed by atoms with Gasteiger partial charge in [0.25, 0.3) is 0 Å². The quantitative estimate of drug-likeness (QED) is 0.238. The lowest BCUT2D eigenvalue weighted by atomic mass is 10.1. The molecular formula is C26H28ClN3O6S. The predicted molar refractivity (Wildman–Crippen MR) is 140 cm³/mol. The Hall–Kier alpha value is -3.37. The molecule has 1 aliphatic heterocycles. The first-order chi connectivity index (χ1) is 17.5. The Morgan fingerprint density at radius 2 is 1.89 bits per heavy atom. The van der Waals surface area contributed by atoms with Gasteiger partial charge in [0.15, 0.2) is 16.4 Å². The van der Waals surface area contributed by atoms with E-state index in [-0.39, 0.29) is 28.5 Å². The van der Waals surface area contributed by atoms with Crippen LogP contribution in [0.4, 0.5) is 0 Å². The summed E-state index contributed by atoms with van der Waals surface area (Å²) in [4.78, 5) is 25.2. The van der Waals surface area contributed by atoms with Crippen LogP contribution in [0.25, 0.3) is 11.8 Å². The van der Waals surface area contributed by atoms with E-state index in [0.29, 0.717) is 23.2 Å². The van der Waals surface area contributed by atoms with E-state index in [1.54, 1.807) is 20.1 Å². The second-order valence-electron chi connectivity index (χ2n) is 8.97. The molecule has 11 heteroatoms. The highest BCUT2D eigenvalue weighted by Crippen LogP contribution is 2.30. The van der Waals surface area contributed by atoms with Gasteiger partial charge in [0.05, 0.1) is 30.4 Å². The minimum absolute atomic E-state index is 0.0137. The lowest BCUT2D eigenvalue weighted by Crippen LogP contribution is -2.13. The Kier molecular flexibility index (Phi) is 7.61. The number of benzene rings is 1. The molecule has 37 heavy (non-hydrogen) atoms. The molecule has 0 bridgehead atoms. The minimum Gasteiger partial charge on any atom is -0.497 e. The summed E-state index contributed by atoms with van der Waals surface area (Å²) in [6.45, 7) is 5.04. The van der Waals surface area contributed by atoms with Crippen LogP contribution in [-0.2, 0) is 19.4 Å². The van der Waals surface area contributed by atoms with E-state index in [1.807, 2.05) is 42.7 Å². The van der Waals surface area contributed by atoms with Crippen molar-refractivity contribution in [3.8, 4) is 11.4 Å². The van der Waals surface area contributed by atoms with Gasteiger partial charge in [-0.25, -0.2) is 17.9 Å². The number of hydrogen-bond acceptors (Lipinski definition) is 7. The van der Waals surface area contributed by atoms with E-state index < -0.39 is 22.4 Å². The Labute approximate surface area is 220 Å². The number of ether oxygens (including phenoxy) is 2. The van der Waals surface area contributed by atoms with Gasteiger partial charge in [-0.2, -0.15) is 5.10 Å². The molecule has 0 saturated carbocycles. The number of hydrogen-bond donors (Lipinski definition) is 0. The number of nitrogens with zero attached hydrogens (tertiary/aromatic N) is 3. The van der Waals surface area contributed by atoms with E-state index in [2.05, 4.69) is 5.10 Å². The maximum absolute atomic E-state index is 12.8. The molecule has 0 N–H and O–H groups in total. The third kappa shape index (κ3) is 5.65. The lowest BCUT2D eigenvalue weighted by Gasteiger charge is -2.10. The van der Waals surface area contributed by atoms with Gasteiger partial charge in [-0.05, 0) is 63.6 Å². The summed E-state index contributed by atoms with van der Waals surface area (Å²) in [7, 11) is -1.50. The number of Topliss-reactive ketones (excluding diaryl/α,β-unsaturated/α-hetero) is 1. The van der Waals surface area contributed by atoms with Gasteiger partial charge in [-0.15, -0.1) is 0 Å². The number of methoxy groups -OCH3 is 1. The maximum Gasteiger partial charge on any atom is 0.331 e. The van der Waals surface area contributed by atoms with Crippen molar-refractivity contribution in [2.24, 2.45) is 0 Å². The van der Waals surface area contributed by atoms with Crippen molar-refractivity contribution in [2.75, 3.05) is 25.2 Å². The fraction of sp³-hybridized carbons (Fsp3) is 0.346. The van der Waals surface area contributed by atoms with E-state index in [0.717, 1.165) is 22.8 Å². The van der Waals surface area contributed by atoms with Crippen molar-refractivity contribution in [1.82, 2.24) is 14.3 Å². The van der Waals surface area contributed by atoms with Crippen LogP contribution in [0.15, 0.2) is 36.4 Å². The highest BCUT2D eigenvalue weighted by atomic mass is 35.5. The van der Waals surface area contributed by atoms with E-state index in [4.69, 9.17) is 21.1 Å². The number of esters is 1. The molecule has 0 aliphatic carbocycles. The lowest BCUT2D eigenvalue weighted by molar-refractivity contribution is -0.136. The molecule has 1 unspecified atom stereocenters. The van der Waals surface area contributed by atoms with Gasteiger partial charge in [-0.3, -0.25) is 4.79 Å². The number of halogens is 1. The average molecular weight is 546 g/mol. The molecule has 1 aliphatic rings. The zero-order valence-corrected chi connectivity index (χ0v) is 22.6. The topological polar surface area (TPSA) is 109 Å². The normalized spacial score (nSPS) is 16.8. The summed E-state index contributed by atoms with van der Waals surface area (Å²) < 4.78 is 37.4. The van der Waals surface area contributed by atoms with Crippen LogP contribution < -0.4 is 4.74 Å². The number of ketones is 1. The molecule has 4 rings (SSSR count). The molecule has 1 fully saturated rings. The third-order valence-corrected chi connectivity index (χ3v) is 8.55. The number of rotatable bonds is 8. The zero-order valence-electron chi connectivity index (χ0n) is 21.0. The summed E-state index contributed by atoms with van der Waals surface area (Å²) in [6, 6.07) is 8.93. The van der Waals surface area contributed by atoms with Crippen LogP contribution in [-0.4, -0.2) is 59.7 Å². The Balaban J connectivity index is 1.41. The summed E-state index contributed by atoms with van der Waals surface area (Å²) in [5.74, 6) is -0.206. The second-order valence-corrected chi connectivity index (χ2v) is 11.6. The van der Waals surface area contributed by atoms with Crippen molar-refractivity contribution < 1.29 is 27.5 Å². The van der Waals surface area contributed by atoms with Crippen molar-refractivity contribution in [2.45, 2.75) is 33.2 Å². The molecule has 0 spiro atoms. The smallest absolute Gasteiger partial charge is 0.331 e. The van der Waals surface area contributed by atoms with Crippen molar-refractivity contribution >= 4 is 39.3 Å². The zero-order chi connectivity index (χ0) is 26.9. The van der Waals surface area contributed by atoms with Gasteiger partial charge in [0, 0.05) is 34.3 Å². The average Bonchev–Trinajstić information content (AvgIpc) is 3.47. The SMILES string of the molecule is COc1ccc(-n2c(C)cc(C(=O)COC(=O)C=Cc3c(C)nn(C4CCS(=O)(=O)C4)c3Cl)c2C)cc1. The van der Waals surface area contributed by atoms with Gasteiger partial charge in [0.2, 0.25) is 5.78 Å². The van der Waals surface area contributed by atoms with E-state index in [9.17, 15) is 18.0 Å². The summed E-state index contributed by atoms with van der Waals surface area (Å²) in [5.41, 5.74) is 4.02. The number of carbonyl (C=O) groups excluding carboxylic acids is 2. The summed E-state index contributed by atoms with van der Waals surface area (Å²) in [6.07, 6.45) is 3.09. The van der Waals surface area contributed by atoms with Gasteiger partial charge in [-0.1, -0.05) is 11.6 Å². The first kappa shape index (κ1) is 26.7. The highest BCUT2D eigenvalue weighted by Gasteiger charge is 2.31. The Morgan fingerprint density at radius 1 is 1.19 bits per heavy atom. The molecule has 1 saturated heterocycles. The van der Waals surface area contributed by atoms with Crippen LogP contribution in [0.2, 0.25) is 5.15 Å². The second kappa shape index (κ2) is 10.5. The van der Waals surface area contributed by atoms with Crippen LogP contribution >= 0.6 is 11.6 Å². The molecule has 3 aromatic rings. The van der Waals surface area contributed by atoms with Gasteiger partial charge < -0.3 is 14.0 Å². The first-order valence-electron chi connectivity index (χ1n) is 11.7. The molecular weight excluding hydrogens is 518 g/mol. The molecule has 196 valence electrons. The van der Waals surface area contributed by atoms with Gasteiger partial charge >= 0.3 is 5.97 Å². The number of carbonyl (C=O) groups is 2. The van der Waals surface area contributed by atoms with Crippen LogP contribution in [0.1, 0.15) is 45.5 Å². The molecule has 1 atom stereocenters. The number of aryl methyl sites for hydroxylation is 2. The maximum atomic E-state index is 12.8. The van der Waals surface area contributed by atoms with Crippen molar-refractivity contribution in [3.05, 3.63) is 69.8 Å². The molecule has 9 nitrogen and oxygen atoms in total. The molecule has 1 aromatic carbocycles. The van der Waals surface area contributed by atoms with Crippen molar-refractivity contribution in [3.63, 3.8) is 0 Å². The van der Waals surface area contributed by atoms with E-state index in [1.165, 1.54) is 16.8 Å². The summed E-state index contributed by atoms with van der Waals surface area (Å²) in [5, 5.41) is 4.61. The molecule has 2 aromatic heterocycles. The number of sulfone groups is 1. The Morgan fingerprint density at radius 3 is 2.51 bits per heavy atom. The molecule has 3 heterocycles. The van der Waals surface area contributed by atoms with Crippen LogP contribution in [0, 0.1) is 20.8 Å². The van der Waals surface area contributed by atoms with Crippen LogP contribution in [0.3, 0.4) is 0 Å². The van der Waals surface area contributed by atoms with Crippen molar-refractivity contribution in [1.29, 1.82) is 0 Å².